The molecular formula is C23H25N3O2. The minimum absolute atomic E-state index is 0.0380. The molecule has 0 spiro atoms. The van der Waals surface area contributed by atoms with E-state index in [1.54, 1.807) is 13.2 Å². The van der Waals surface area contributed by atoms with Crippen LogP contribution in [0.4, 0.5) is 0 Å². The van der Waals surface area contributed by atoms with Crippen molar-refractivity contribution in [2.24, 2.45) is 0 Å². The van der Waals surface area contributed by atoms with Gasteiger partial charge in [-0.1, -0.05) is 36.4 Å². The predicted molar refractivity (Wildman–Crippen MR) is 111 cm³/mol. The fourth-order valence-corrected chi connectivity index (χ4v) is 3.90. The van der Waals surface area contributed by atoms with E-state index in [-0.39, 0.29) is 11.9 Å². The molecule has 1 fully saturated rings. The van der Waals surface area contributed by atoms with Crippen molar-refractivity contribution in [2.75, 3.05) is 20.3 Å². The number of carbonyl (C=O) groups excluding carboxylic acids is 1. The van der Waals surface area contributed by atoms with Gasteiger partial charge in [-0.15, -0.1) is 0 Å². The summed E-state index contributed by atoms with van der Waals surface area (Å²) >= 11 is 0. The topological polar surface area (TPSA) is 46.8 Å². The third-order valence-electron chi connectivity index (χ3n) is 5.29. The minimum Gasteiger partial charge on any atom is -0.383 e. The van der Waals surface area contributed by atoms with Crippen molar-refractivity contribution in [3.63, 3.8) is 0 Å². The first kappa shape index (κ1) is 18.4. The first-order chi connectivity index (χ1) is 13.8. The predicted octanol–water partition coefficient (Wildman–Crippen LogP) is 4.04. The molecule has 0 bridgehead atoms. The highest BCUT2D eigenvalue weighted by Crippen LogP contribution is 2.27. The molecule has 1 atom stereocenters. The standard InChI is InChI=1S/C23H25N3O2/c1-28-17-19-11-5-7-15-25(19)22(27)14-13-20-21-12-6-8-16-26(21)24-23(20)18-9-3-2-4-10-18/h2-4,6,8-10,12-14,16,19H,5,7,11,15,17H2,1H3/b14-13+/t19-/m1/s1. The van der Waals surface area contributed by atoms with E-state index in [9.17, 15) is 4.79 Å². The monoisotopic (exact) mass is 375 g/mol. The van der Waals surface area contributed by atoms with E-state index in [1.165, 1.54) is 0 Å². The van der Waals surface area contributed by atoms with Crippen LogP contribution in [0, 0.1) is 0 Å². The number of fused-ring (bicyclic) bond motifs is 1. The van der Waals surface area contributed by atoms with Crippen molar-refractivity contribution >= 4 is 17.5 Å². The molecule has 4 rings (SSSR count). The molecule has 5 nitrogen and oxygen atoms in total. The SMILES string of the molecule is COC[C@H]1CCCCN1C(=O)/C=C/c1c(-c2ccccc2)nn2ccccc12. The number of carbonyl (C=O) groups is 1. The van der Waals surface area contributed by atoms with E-state index >= 15 is 0 Å². The maximum absolute atomic E-state index is 12.9. The molecule has 144 valence electrons. The van der Waals surface area contributed by atoms with Crippen LogP contribution in [0.15, 0.2) is 60.8 Å². The van der Waals surface area contributed by atoms with Gasteiger partial charge in [0.2, 0.25) is 5.91 Å². The third-order valence-corrected chi connectivity index (χ3v) is 5.29. The molecular weight excluding hydrogens is 350 g/mol. The Labute approximate surface area is 165 Å². The number of piperidine rings is 1. The van der Waals surface area contributed by atoms with Crippen molar-refractivity contribution in [3.05, 3.63) is 66.4 Å². The van der Waals surface area contributed by atoms with E-state index < -0.39 is 0 Å². The molecule has 0 unspecified atom stereocenters. The molecule has 1 saturated heterocycles. The van der Waals surface area contributed by atoms with E-state index in [4.69, 9.17) is 9.84 Å². The summed E-state index contributed by atoms with van der Waals surface area (Å²) in [5, 5.41) is 4.74. The second kappa shape index (κ2) is 8.40. The van der Waals surface area contributed by atoms with Crippen molar-refractivity contribution in [3.8, 4) is 11.3 Å². The molecule has 2 aromatic heterocycles. The minimum atomic E-state index is 0.0380. The summed E-state index contributed by atoms with van der Waals surface area (Å²) in [6.07, 6.45) is 8.72. The highest BCUT2D eigenvalue weighted by Gasteiger charge is 2.25. The van der Waals surface area contributed by atoms with Gasteiger partial charge in [-0.3, -0.25) is 4.79 Å². The number of pyridine rings is 1. The molecule has 1 aliphatic rings. The van der Waals surface area contributed by atoms with Crippen LogP contribution >= 0.6 is 0 Å². The largest absolute Gasteiger partial charge is 0.383 e. The lowest BCUT2D eigenvalue weighted by Gasteiger charge is -2.34. The van der Waals surface area contributed by atoms with Crippen LogP contribution in [0.3, 0.4) is 0 Å². The van der Waals surface area contributed by atoms with Gasteiger partial charge >= 0.3 is 0 Å². The number of likely N-dealkylation sites (tertiary alicyclic amines) is 1. The quantitative estimate of drug-likeness (QED) is 0.632. The number of ether oxygens (including phenoxy) is 1. The number of aromatic nitrogens is 2. The van der Waals surface area contributed by atoms with Gasteiger partial charge in [0, 0.05) is 37.1 Å². The molecule has 0 saturated carbocycles. The first-order valence-corrected chi connectivity index (χ1v) is 9.78. The molecule has 0 radical (unpaired) electrons. The van der Waals surface area contributed by atoms with Gasteiger partial charge < -0.3 is 9.64 Å². The lowest BCUT2D eigenvalue weighted by molar-refractivity contribution is -0.130. The maximum atomic E-state index is 12.9. The average molecular weight is 375 g/mol. The maximum Gasteiger partial charge on any atom is 0.246 e. The zero-order chi connectivity index (χ0) is 19.3. The summed E-state index contributed by atoms with van der Waals surface area (Å²) in [4.78, 5) is 14.9. The summed E-state index contributed by atoms with van der Waals surface area (Å²) < 4.78 is 7.18. The van der Waals surface area contributed by atoms with Gasteiger partial charge in [0.1, 0.15) is 5.69 Å². The highest BCUT2D eigenvalue weighted by atomic mass is 16.5. The second-order valence-electron chi connectivity index (χ2n) is 7.13. The lowest BCUT2D eigenvalue weighted by Crippen LogP contribution is -2.45. The Bertz CT molecular complexity index is 976. The van der Waals surface area contributed by atoms with Gasteiger partial charge in [-0.2, -0.15) is 5.10 Å². The van der Waals surface area contributed by atoms with Crippen molar-refractivity contribution in [2.45, 2.75) is 25.3 Å². The van der Waals surface area contributed by atoms with Crippen LogP contribution in [0.2, 0.25) is 0 Å². The van der Waals surface area contributed by atoms with Crippen LogP contribution in [0.25, 0.3) is 22.9 Å². The number of nitrogens with zero attached hydrogens (tertiary/aromatic N) is 3. The molecule has 1 aliphatic heterocycles. The zero-order valence-electron chi connectivity index (χ0n) is 16.1. The smallest absolute Gasteiger partial charge is 0.246 e. The van der Waals surface area contributed by atoms with Gasteiger partial charge in [-0.05, 0) is 37.5 Å². The number of rotatable bonds is 5. The molecule has 0 aliphatic carbocycles. The van der Waals surface area contributed by atoms with Gasteiger partial charge in [0.15, 0.2) is 0 Å². The van der Waals surface area contributed by atoms with E-state index in [2.05, 4.69) is 0 Å². The van der Waals surface area contributed by atoms with Crippen LogP contribution in [0.5, 0.6) is 0 Å². The number of benzene rings is 1. The van der Waals surface area contributed by atoms with E-state index in [0.717, 1.165) is 48.1 Å². The normalized spacial score (nSPS) is 17.5. The Kier molecular flexibility index (Phi) is 5.53. The van der Waals surface area contributed by atoms with E-state index in [1.807, 2.05) is 70.2 Å². The Balaban J connectivity index is 1.68. The van der Waals surface area contributed by atoms with Crippen LogP contribution in [0.1, 0.15) is 24.8 Å². The summed E-state index contributed by atoms with van der Waals surface area (Å²) in [6.45, 7) is 1.38. The number of hydrogen-bond acceptors (Lipinski definition) is 3. The second-order valence-corrected chi connectivity index (χ2v) is 7.13. The van der Waals surface area contributed by atoms with Crippen LogP contribution in [-0.2, 0) is 9.53 Å². The van der Waals surface area contributed by atoms with Crippen molar-refractivity contribution in [1.82, 2.24) is 14.5 Å². The number of hydrogen-bond donors (Lipinski definition) is 0. The third kappa shape index (κ3) is 3.71. The lowest BCUT2D eigenvalue weighted by atomic mass is 10.0. The summed E-state index contributed by atoms with van der Waals surface area (Å²) in [6, 6.07) is 16.2. The fourth-order valence-electron chi connectivity index (χ4n) is 3.90. The van der Waals surface area contributed by atoms with Gasteiger partial charge in [0.25, 0.3) is 0 Å². The van der Waals surface area contributed by atoms with Gasteiger partial charge in [-0.25, -0.2) is 4.52 Å². The molecule has 1 aromatic carbocycles. The summed E-state index contributed by atoms with van der Waals surface area (Å²) in [5.74, 6) is 0.0380. The molecule has 0 N–H and O–H groups in total. The van der Waals surface area contributed by atoms with Crippen LogP contribution < -0.4 is 0 Å². The number of methoxy groups -OCH3 is 1. The van der Waals surface area contributed by atoms with Crippen LogP contribution in [-0.4, -0.2) is 46.7 Å². The highest BCUT2D eigenvalue weighted by molar-refractivity contribution is 5.95. The molecule has 5 heteroatoms. The fraction of sp³-hybridized carbons (Fsp3) is 0.304. The average Bonchev–Trinajstić information content (AvgIpc) is 3.12. The molecule has 3 aromatic rings. The summed E-state index contributed by atoms with van der Waals surface area (Å²) in [7, 11) is 1.69. The van der Waals surface area contributed by atoms with Gasteiger partial charge in [0.05, 0.1) is 18.2 Å². The van der Waals surface area contributed by atoms with Crippen molar-refractivity contribution in [1.29, 1.82) is 0 Å². The number of amides is 1. The van der Waals surface area contributed by atoms with E-state index in [0.29, 0.717) is 6.61 Å². The Morgan fingerprint density at radius 3 is 2.82 bits per heavy atom. The Hall–Kier alpha value is -2.92. The van der Waals surface area contributed by atoms with Crippen molar-refractivity contribution < 1.29 is 9.53 Å². The Morgan fingerprint density at radius 1 is 1.18 bits per heavy atom. The summed E-state index contributed by atoms with van der Waals surface area (Å²) in [5.41, 5.74) is 3.86. The Morgan fingerprint density at radius 2 is 2.00 bits per heavy atom. The zero-order valence-corrected chi connectivity index (χ0v) is 16.1. The molecule has 3 heterocycles. The molecule has 1 amide bonds. The molecule has 28 heavy (non-hydrogen) atoms. The first-order valence-electron chi connectivity index (χ1n) is 9.78.